The predicted molar refractivity (Wildman–Crippen MR) is 35.4 cm³/mol. The molecule has 0 N–H and O–H groups in total. The molecule has 0 radical (unpaired) electrons. The van der Waals surface area contributed by atoms with Crippen LogP contribution in [0.4, 0.5) is 0 Å². The van der Waals surface area contributed by atoms with Crippen molar-refractivity contribution in [1.29, 1.82) is 0 Å². The number of rotatable bonds is 0. The fraction of sp³-hybridized carbons (Fsp3) is 0.500. The van der Waals surface area contributed by atoms with E-state index in [1.807, 2.05) is 6.08 Å². The highest BCUT2D eigenvalue weighted by molar-refractivity contribution is 6.00. The molecule has 0 aromatic rings. The van der Waals surface area contributed by atoms with Crippen LogP contribution in [0.15, 0.2) is 12.2 Å². The van der Waals surface area contributed by atoms with Crippen molar-refractivity contribution >= 4 is 11.6 Å². The van der Waals surface area contributed by atoms with E-state index in [4.69, 9.17) is 0 Å². The van der Waals surface area contributed by atoms with Crippen molar-refractivity contribution in [2.75, 3.05) is 0 Å². The minimum absolute atomic E-state index is 0.0208. The minimum Gasteiger partial charge on any atom is -0.300 e. The standard InChI is InChI=1S/C8H8O2/c9-6-3-5-1-2-8(10)7(5)4-6/h1-2,5,7H,3-4H2. The van der Waals surface area contributed by atoms with Crippen LogP contribution < -0.4 is 0 Å². The van der Waals surface area contributed by atoms with E-state index in [1.165, 1.54) is 0 Å². The van der Waals surface area contributed by atoms with E-state index in [-0.39, 0.29) is 23.4 Å². The summed E-state index contributed by atoms with van der Waals surface area (Å²) in [7, 11) is 0. The van der Waals surface area contributed by atoms with Gasteiger partial charge in [0.05, 0.1) is 0 Å². The summed E-state index contributed by atoms with van der Waals surface area (Å²) < 4.78 is 0. The molecule has 0 bridgehead atoms. The molecule has 2 heteroatoms. The predicted octanol–water partition coefficient (Wildman–Crippen LogP) is 0.721. The highest BCUT2D eigenvalue weighted by atomic mass is 16.1. The number of Topliss-reactive ketones (excluding diaryl/α,β-unsaturated/α-hetero) is 1. The second-order valence-electron chi connectivity index (χ2n) is 2.98. The zero-order chi connectivity index (χ0) is 7.14. The van der Waals surface area contributed by atoms with Crippen molar-refractivity contribution in [2.45, 2.75) is 12.8 Å². The van der Waals surface area contributed by atoms with Gasteiger partial charge in [-0.2, -0.15) is 0 Å². The van der Waals surface area contributed by atoms with E-state index in [2.05, 4.69) is 0 Å². The Morgan fingerprint density at radius 2 is 2.10 bits per heavy atom. The molecule has 2 nitrogen and oxygen atoms in total. The molecule has 0 saturated heterocycles. The number of carbonyl (C=O) groups excluding carboxylic acids is 2. The van der Waals surface area contributed by atoms with Crippen molar-refractivity contribution < 1.29 is 9.59 Å². The molecular formula is C8H8O2. The van der Waals surface area contributed by atoms with Gasteiger partial charge in [-0.3, -0.25) is 9.59 Å². The Hall–Kier alpha value is -0.920. The Morgan fingerprint density at radius 3 is 2.80 bits per heavy atom. The maximum absolute atomic E-state index is 11.0. The van der Waals surface area contributed by atoms with Gasteiger partial charge in [0, 0.05) is 18.8 Å². The molecule has 52 valence electrons. The summed E-state index contributed by atoms with van der Waals surface area (Å²) in [5, 5.41) is 0. The van der Waals surface area contributed by atoms with Crippen LogP contribution in [0.1, 0.15) is 12.8 Å². The van der Waals surface area contributed by atoms with Crippen LogP contribution in [0.3, 0.4) is 0 Å². The maximum atomic E-state index is 11.0. The van der Waals surface area contributed by atoms with Crippen LogP contribution >= 0.6 is 0 Å². The van der Waals surface area contributed by atoms with Crippen molar-refractivity contribution in [3.8, 4) is 0 Å². The first-order valence-electron chi connectivity index (χ1n) is 3.51. The maximum Gasteiger partial charge on any atom is 0.159 e. The van der Waals surface area contributed by atoms with Crippen molar-refractivity contribution in [3.63, 3.8) is 0 Å². The molecule has 2 unspecified atom stereocenters. The molecular weight excluding hydrogens is 128 g/mol. The van der Waals surface area contributed by atoms with Crippen LogP contribution in [0.25, 0.3) is 0 Å². The van der Waals surface area contributed by atoms with Gasteiger partial charge in [-0.05, 0) is 12.0 Å². The first kappa shape index (κ1) is 5.83. The molecule has 0 heterocycles. The van der Waals surface area contributed by atoms with Gasteiger partial charge in [0.25, 0.3) is 0 Å². The molecule has 1 saturated carbocycles. The fourth-order valence-electron chi connectivity index (χ4n) is 1.74. The lowest BCUT2D eigenvalue weighted by molar-refractivity contribution is -0.121. The molecule has 0 amide bonds. The molecule has 1 fully saturated rings. The van der Waals surface area contributed by atoms with Crippen LogP contribution in [0, 0.1) is 11.8 Å². The van der Waals surface area contributed by atoms with Crippen LogP contribution in [-0.4, -0.2) is 11.6 Å². The topological polar surface area (TPSA) is 34.1 Å². The molecule has 0 aromatic heterocycles. The second kappa shape index (κ2) is 1.78. The van der Waals surface area contributed by atoms with Gasteiger partial charge in [0.1, 0.15) is 5.78 Å². The van der Waals surface area contributed by atoms with Gasteiger partial charge in [0.2, 0.25) is 0 Å². The first-order chi connectivity index (χ1) is 4.77. The van der Waals surface area contributed by atoms with E-state index in [0.717, 1.165) is 0 Å². The zero-order valence-electron chi connectivity index (χ0n) is 5.54. The van der Waals surface area contributed by atoms with E-state index in [1.54, 1.807) is 6.08 Å². The second-order valence-corrected chi connectivity index (χ2v) is 2.98. The summed E-state index contributed by atoms with van der Waals surface area (Å²) in [6.07, 6.45) is 4.56. The lowest BCUT2D eigenvalue weighted by Crippen LogP contribution is -2.08. The molecule has 0 aromatic carbocycles. The van der Waals surface area contributed by atoms with Gasteiger partial charge in [-0.15, -0.1) is 0 Å². The summed E-state index contributed by atoms with van der Waals surface area (Å²) in [5.41, 5.74) is 0. The van der Waals surface area contributed by atoms with Crippen LogP contribution in [-0.2, 0) is 9.59 Å². The number of allylic oxidation sites excluding steroid dienone is 2. The molecule has 2 atom stereocenters. The number of fused-ring (bicyclic) bond motifs is 1. The molecule has 10 heavy (non-hydrogen) atoms. The Morgan fingerprint density at radius 1 is 1.30 bits per heavy atom. The van der Waals surface area contributed by atoms with Crippen LogP contribution in [0.2, 0.25) is 0 Å². The highest BCUT2D eigenvalue weighted by Crippen LogP contribution is 2.35. The summed E-state index contributed by atoms with van der Waals surface area (Å²) in [5.74, 6) is 0.663. The third-order valence-electron chi connectivity index (χ3n) is 2.30. The monoisotopic (exact) mass is 136 g/mol. The smallest absolute Gasteiger partial charge is 0.159 e. The van der Waals surface area contributed by atoms with Crippen molar-refractivity contribution in [3.05, 3.63) is 12.2 Å². The van der Waals surface area contributed by atoms with Crippen LogP contribution in [0.5, 0.6) is 0 Å². The zero-order valence-corrected chi connectivity index (χ0v) is 5.54. The Balaban J connectivity index is 2.26. The quantitative estimate of drug-likeness (QED) is 0.491. The molecule has 0 aliphatic heterocycles. The first-order valence-corrected chi connectivity index (χ1v) is 3.51. The van der Waals surface area contributed by atoms with E-state index < -0.39 is 0 Å². The van der Waals surface area contributed by atoms with Gasteiger partial charge in [-0.1, -0.05) is 6.08 Å². The number of hydrogen-bond donors (Lipinski definition) is 0. The summed E-state index contributed by atoms with van der Waals surface area (Å²) in [6.45, 7) is 0. The average molecular weight is 136 g/mol. The molecule has 2 aliphatic carbocycles. The molecule has 2 aliphatic rings. The third kappa shape index (κ3) is 0.649. The van der Waals surface area contributed by atoms with Gasteiger partial charge in [-0.25, -0.2) is 0 Å². The minimum atomic E-state index is 0.0208. The van der Waals surface area contributed by atoms with Gasteiger partial charge >= 0.3 is 0 Å². The summed E-state index contributed by atoms with van der Waals surface area (Å²) >= 11 is 0. The Labute approximate surface area is 58.9 Å². The summed E-state index contributed by atoms with van der Waals surface area (Å²) in [4.78, 5) is 21.8. The normalized spacial score (nSPS) is 37.2. The van der Waals surface area contributed by atoms with E-state index >= 15 is 0 Å². The molecule has 0 spiro atoms. The third-order valence-corrected chi connectivity index (χ3v) is 2.30. The molecule has 2 rings (SSSR count). The van der Waals surface area contributed by atoms with E-state index in [0.29, 0.717) is 12.8 Å². The van der Waals surface area contributed by atoms with Gasteiger partial charge < -0.3 is 0 Å². The van der Waals surface area contributed by atoms with Crippen molar-refractivity contribution in [1.82, 2.24) is 0 Å². The SMILES string of the molecule is O=C1CC2C=CC(=O)C2C1. The number of ketones is 2. The van der Waals surface area contributed by atoms with Crippen molar-refractivity contribution in [2.24, 2.45) is 11.8 Å². The highest BCUT2D eigenvalue weighted by Gasteiger charge is 2.38. The lowest BCUT2D eigenvalue weighted by atomic mass is 9.99. The van der Waals surface area contributed by atoms with E-state index in [9.17, 15) is 9.59 Å². The summed E-state index contributed by atoms with van der Waals surface area (Å²) in [6, 6.07) is 0. The lowest BCUT2D eigenvalue weighted by Gasteiger charge is -2.01. The Bertz CT molecular complexity index is 227. The largest absolute Gasteiger partial charge is 0.300 e. The number of carbonyl (C=O) groups is 2. The average Bonchev–Trinajstić information content (AvgIpc) is 2.35. The van der Waals surface area contributed by atoms with Gasteiger partial charge in [0.15, 0.2) is 5.78 Å². The number of hydrogen-bond acceptors (Lipinski definition) is 2. The fourth-order valence-corrected chi connectivity index (χ4v) is 1.74. The Kier molecular flexibility index (Phi) is 1.04.